The van der Waals surface area contributed by atoms with Gasteiger partial charge in [0.25, 0.3) is 0 Å². The van der Waals surface area contributed by atoms with Gasteiger partial charge in [-0.3, -0.25) is 4.98 Å². The first-order valence-corrected chi connectivity index (χ1v) is 8.94. The van der Waals surface area contributed by atoms with Crippen LogP contribution in [-0.4, -0.2) is 23.2 Å². The highest BCUT2D eigenvalue weighted by Gasteiger charge is 2.20. The van der Waals surface area contributed by atoms with Crippen molar-refractivity contribution in [2.75, 3.05) is 6.54 Å². The first-order chi connectivity index (χ1) is 11.4. The molecule has 5 nitrogen and oxygen atoms in total. The topological polar surface area (TPSA) is 63.2 Å². The molecule has 1 aromatic heterocycles. The van der Waals surface area contributed by atoms with Crippen LogP contribution in [0.5, 0.6) is 0 Å². The lowest BCUT2D eigenvalue weighted by atomic mass is 10.0. The van der Waals surface area contributed by atoms with E-state index in [0.29, 0.717) is 0 Å². The summed E-state index contributed by atoms with van der Waals surface area (Å²) in [7, 11) is 0. The van der Waals surface area contributed by atoms with Crippen LogP contribution in [0.15, 0.2) is 42.0 Å². The van der Waals surface area contributed by atoms with Crippen molar-refractivity contribution < 1.29 is 9.53 Å². The summed E-state index contributed by atoms with van der Waals surface area (Å²) in [6.07, 6.45) is 2.26. The van der Waals surface area contributed by atoms with Gasteiger partial charge in [-0.1, -0.05) is 30.3 Å². The number of aromatic nitrogens is 1. The van der Waals surface area contributed by atoms with E-state index in [1.165, 1.54) is 4.88 Å². The molecular formula is C18H25N3O2S. The molecule has 0 radical (unpaired) electrons. The Hall–Kier alpha value is -1.92. The summed E-state index contributed by atoms with van der Waals surface area (Å²) in [5.74, 6) is 0. The third-order valence-electron chi connectivity index (χ3n) is 3.29. The van der Waals surface area contributed by atoms with Gasteiger partial charge < -0.3 is 15.4 Å². The zero-order chi connectivity index (χ0) is 17.4. The number of hydrogen-bond donors (Lipinski definition) is 2. The van der Waals surface area contributed by atoms with E-state index in [1.54, 1.807) is 11.3 Å². The van der Waals surface area contributed by atoms with Crippen LogP contribution >= 0.6 is 11.3 Å². The van der Waals surface area contributed by atoms with Crippen LogP contribution in [0, 0.1) is 0 Å². The second-order valence-corrected chi connectivity index (χ2v) is 7.51. The normalized spacial score (nSPS) is 12.6. The van der Waals surface area contributed by atoms with Gasteiger partial charge in [0.2, 0.25) is 0 Å². The molecule has 0 saturated carbocycles. The number of benzene rings is 1. The summed E-state index contributed by atoms with van der Waals surface area (Å²) in [4.78, 5) is 17.4. The fourth-order valence-electron chi connectivity index (χ4n) is 2.24. The van der Waals surface area contributed by atoms with Crippen LogP contribution in [0.4, 0.5) is 4.79 Å². The Morgan fingerprint density at radius 3 is 2.67 bits per heavy atom. The van der Waals surface area contributed by atoms with Gasteiger partial charge in [0.1, 0.15) is 5.60 Å². The van der Waals surface area contributed by atoms with Crippen LogP contribution in [0.1, 0.15) is 43.7 Å². The van der Waals surface area contributed by atoms with Crippen LogP contribution < -0.4 is 10.6 Å². The lowest BCUT2D eigenvalue weighted by Gasteiger charge is -2.24. The van der Waals surface area contributed by atoms with E-state index in [9.17, 15) is 4.79 Å². The minimum Gasteiger partial charge on any atom is -0.444 e. The maximum Gasteiger partial charge on any atom is 0.408 e. The molecule has 2 rings (SSSR count). The van der Waals surface area contributed by atoms with Crippen molar-refractivity contribution in [3.8, 4) is 0 Å². The molecule has 1 atom stereocenters. The van der Waals surface area contributed by atoms with Gasteiger partial charge in [-0.15, -0.1) is 11.3 Å². The molecule has 0 aliphatic rings. The van der Waals surface area contributed by atoms with E-state index < -0.39 is 5.60 Å². The zero-order valence-electron chi connectivity index (χ0n) is 14.4. The summed E-state index contributed by atoms with van der Waals surface area (Å²) in [6.45, 7) is 7.16. The van der Waals surface area contributed by atoms with Crippen molar-refractivity contribution in [3.63, 3.8) is 0 Å². The molecule has 1 aromatic carbocycles. The number of alkyl carbamates (subject to hydrolysis) is 1. The zero-order valence-corrected chi connectivity index (χ0v) is 15.2. The number of carbonyl (C=O) groups is 1. The van der Waals surface area contributed by atoms with Gasteiger partial charge >= 0.3 is 6.09 Å². The largest absolute Gasteiger partial charge is 0.444 e. The SMILES string of the molecule is CC(C)(C)OC(=O)NC(CCNCc1cncs1)c1ccccc1. The summed E-state index contributed by atoms with van der Waals surface area (Å²) in [5.41, 5.74) is 2.40. The predicted octanol–water partition coefficient (Wildman–Crippen LogP) is 3.89. The predicted molar refractivity (Wildman–Crippen MR) is 97.0 cm³/mol. The minimum atomic E-state index is -0.504. The lowest BCUT2D eigenvalue weighted by molar-refractivity contribution is 0.0501. The fourth-order valence-corrected chi connectivity index (χ4v) is 2.81. The van der Waals surface area contributed by atoms with E-state index in [1.807, 2.05) is 62.8 Å². The lowest BCUT2D eigenvalue weighted by Crippen LogP contribution is -2.36. The first kappa shape index (κ1) is 18.4. The van der Waals surface area contributed by atoms with Crippen LogP contribution in [-0.2, 0) is 11.3 Å². The fraction of sp³-hybridized carbons (Fsp3) is 0.444. The second kappa shape index (κ2) is 8.80. The number of rotatable bonds is 7. The Balaban J connectivity index is 1.89. The molecule has 0 aliphatic carbocycles. The second-order valence-electron chi connectivity index (χ2n) is 6.54. The van der Waals surface area contributed by atoms with Crippen molar-refractivity contribution in [2.45, 2.75) is 45.4 Å². The number of nitrogens with one attached hydrogen (secondary N) is 2. The van der Waals surface area contributed by atoms with Gasteiger partial charge in [0, 0.05) is 17.6 Å². The molecule has 6 heteroatoms. The third kappa shape index (κ3) is 6.68. The van der Waals surface area contributed by atoms with Gasteiger partial charge in [-0.05, 0) is 39.3 Å². The highest BCUT2D eigenvalue weighted by Crippen LogP contribution is 2.17. The Labute approximate surface area is 147 Å². The summed E-state index contributed by atoms with van der Waals surface area (Å²) >= 11 is 1.63. The Morgan fingerprint density at radius 1 is 1.29 bits per heavy atom. The molecule has 0 saturated heterocycles. The van der Waals surface area contributed by atoms with E-state index in [2.05, 4.69) is 15.6 Å². The summed E-state index contributed by atoms with van der Waals surface area (Å²) < 4.78 is 5.38. The molecule has 1 amide bonds. The Bertz CT molecular complexity index is 609. The third-order valence-corrected chi connectivity index (χ3v) is 4.07. The average molecular weight is 347 g/mol. The molecule has 0 bridgehead atoms. The minimum absolute atomic E-state index is 0.0880. The van der Waals surface area contributed by atoms with Gasteiger partial charge in [0.05, 0.1) is 11.6 Å². The van der Waals surface area contributed by atoms with Gasteiger partial charge in [-0.2, -0.15) is 0 Å². The number of hydrogen-bond acceptors (Lipinski definition) is 5. The van der Waals surface area contributed by atoms with Crippen molar-refractivity contribution in [1.29, 1.82) is 0 Å². The molecular weight excluding hydrogens is 322 g/mol. The number of amides is 1. The number of ether oxygens (including phenoxy) is 1. The molecule has 2 N–H and O–H groups in total. The Morgan fingerprint density at radius 2 is 2.04 bits per heavy atom. The Kier molecular flexibility index (Phi) is 6.75. The first-order valence-electron chi connectivity index (χ1n) is 8.06. The van der Waals surface area contributed by atoms with Crippen molar-refractivity contribution in [3.05, 3.63) is 52.5 Å². The summed E-state index contributed by atoms with van der Waals surface area (Å²) in [6, 6.07) is 9.87. The highest BCUT2D eigenvalue weighted by molar-refractivity contribution is 7.09. The number of nitrogens with zero attached hydrogens (tertiary/aromatic N) is 1. The maximum atomic E-state index is 12.1. The number of thiazole rings is 1. The van der Waals surface area contributed by atoms with E-state index >= 15 is 0 Å². The van der Waals surface area contributed by atoms with Crippen molar-refractivity contribution in [1.82, 2.24) is 15.6 Å². The quantitative estimate of drug-likeness (QED) is 0.746. The van der Waals surface area contributed by atoms with Crippen LogP contribution in [0.25, 0.3) is 0 Å². The standard InChI is InChI=1S/C18H25N3O2S/c1-18(2,3)23-17(22)21-16(14-7-5-4-6-8-14)9-10-19-11-15-12-20-13-24-15/h4-8,12-13,16,19H,9-11H2,1-3H3,(H,21,22). The van der Waals surface area contributed by atoms with E-state index in [0.717, 1.165) is 25.1 Å². The highest BCUT2D eigenvalue weighted by atomic mass is 32.1. The van der Waals surface area contributed by atoms with E-state index in [-0.39, 0.29) is 12.1 Å². The van der Waals surface area contributed by atoms with Crippen molar-refractivity contribution in [2.24, 2.45) is 0 Å². The molecule has 2 aromatic rings. The summed E-state index contributed by atoms with van der Waals surface area (Å²) in [5, 5.41) is 6.36. The van der Waals surface area contributed by atoms with Crippen molar-refractivity contribution >= 4 is 17.4 Å². The molecule has 0 spiro atoms. The number of carbonyl (C=O) groups excluding carboxylic acids is 1. The molecule has 24 heavy (non-hydrogen) atoms. The van der Waals surface area contributed by atoms with Gasteiger partial charge in [-0.25, -0.2) is 4.79 Å². The smallest absolute Gasteiger partial charge is 0.408 e. The molecule has 1 unspecified atom stereocenters. The molecule has 1 heterocycles. The molecule has 130 valence electrons. The van der Waals surface area contributed by atoms with Crippen LogP contribution in [0.2, 0.25) is 0 Å². The maximum absolute atomic E-state index is 12.1. The monoisotopic (exact) mass is 347 g/mol. The molecule has 0 fully saturated rings. The average Bonchev–Trinajstić information content (AvgIpc) is 3.02. The molecule has 0 aliphatic heterocycles. The van der Waals surface area contributed by atoms with Gasteiger partial charge in [0.15, 0.2) is 0 Å². The van der Waals surface area contributed by atoms with Crippen LogP contribution in [0.3, 0.4) is 0 Å². The van der Waals surface area contributed by atoms with E-state index in [4.69, 9.17) is 4.74 Å².